The van der Waals surface area contributed by atoms with E-state index in [0.29, 0.717) is 92.6 Å². The largest absolute Gasteiger partial charge is 0.387 e. The fourth-order valence-electron chi connectivity index (χ4n) is 7.65. The van der Waals surface area contributed by atoms with Gasteiger partial charge in [-0.1, -0.05) is 17.7 Å². The quantitative estimate of drug-likeness (QED) is 0.0728. The number of piperazine rings is 1. The Bertz CT molecular complexity index is 2130. The zero-order valence-corrected chi connectivity index (χ0v) is 32.9. The van der Waals surface area contributed by atoms with Gasteiger partial charge in [0.05, 0.1) is 62.0 Å². The monoisotopic (exact) mass is 797 g/mol. The molecule has 2 aliphatic heterocycles. The Morgan fingerprint density at radius 3 is 2.38 bits per heavy atom. The van der Waals surface area contributed by atoms with E-state index in [0.717, 1.165) is 0 Å². The molecule has 2 atom stereocenters. The number of hydrogen-bond donors (Lipinski definition) is 4. The number of carbonyl (C=O) groups is 3. The molecular formula is C38H48ClF2N10O5+. The molecule has 4 heterocycles. The molecule has 3 amide bonds. The maximum Gasteiger partial charge on any atom is 0.291 e. The van der Waals surface area contributed by atoms with Crippen LogP contribution in [0.1, 0.15) is 38.8 Å². The predicted molar refractivity (Wildman–Crippen MR) is 206 cm³/mol. The van der Waals surface area contributed by atoms with E-state index in [-0.39, 0.29) is 51.1 Å². The molecule has 2 aromatic carbocycles. The van der Waals surface area contributed by atoms with Crippen LogP contribution >= 0.6 is 11.6 Å². The van der Waals surface area contributed by atoms with Crippen LogP contribution in [0.15, 0.2) is 36.5 Å². The van der Waals surface area contributed by atoms with Gasteiger partial charge < -0.3 is 34.0 Å². The van der Waals surface area contributed by atoms with Gasteiger partial charge in [-0.2, -0.15) is 5.10 Å². The molecule has 300 valence electrons. The van der Waals surface area contributed by atoms with Crippen molar-refractivity contribution in [3.8, 4) is 22.4 Å². The number of likely N-dealkylation sites (N-methyl/N-ethyl adjacent to an activating group) is 1. The van der Waals surface area contributed by atoms with E-state index in [1.165, 1.54) is 42.1 Å². The first kappa shape index (κ1) is 40.9. The number of aryl methyl sites for hydroxylation is 1. The summed E-state index contributed by atoms with van der Waals surface area (Å²) in [5.74, 6) is 2.07. The summed E-state index contributed by atoms with van der Waals surface area (Å²) in [5.41, 5.74) is 4.86. The molecular weight excluding hydrogens is 750 g/mol. The van der Waals surface area contributed by atoms with Gasteiger partial charge in [0.2, 0.25) is 0 Å². The van der Waals surface area contributed by atoms with Gasteiger partial charge in [-0.25, -0.2) is 13.8 Å². The Morgan fingerprint density at radius 1 is 1.04 bits per heavy atom. The van der Waals surface area contributed by atoms with Crippen molar-refractivity contribution in [3.05, 3.63) is 76.0 Å². The number of aliphatic hydroxyl groups is 1. The Balaban J connectivity index is 1.09. The number of hydrazine groups is 1. The number of likely N-dealkylation sites (tertiary alicyclic amines) is 1. The molecule has 6 rings (SSSR count). The average Bonchev–Trinajstić information content (AvgIpc) is 3.78. The third-order valence-electron chi connectivity index (χ3n) is 10.7. The van der Waals surface area contributed by atoms with Crippen molar-refractivity contribution in [1.29, 1.82) is 0 Å². The van der Waals surface area contributed by atoms with Crippen molar-refractivity contribution < 1.29 is 37.5 Å². The van der Waals surface area contributed by atoms with Crippen molar-refractivity contribution in [2.75, 3.05) is 71.9 Å². The number of aromatic nitrogens is 4. The molecule has 0 bridgehead atoms. The lowest BCUT2D eigenvalue weighted by Crippen LogP contribution is -2.58. The lowest BCUT2D eigenvalue weighted by molar-refractivity contribution is -0.894. The number of benzene rings is 2. The second-order valence-corrected chi connectivity index (χ2v) is 15.2. The molecule has 0 saturated carbocycles. The number of rotatable bonds is 12. The van der Waals surface area contributed by atoms with Crippen LogP contribution in [-0.2, 0) is 23.1 Å². The minimum Gasteiger partial charge on any atom is -0.387 e. The predicted octanol–water partition coefficient (Wildman–Crippen LogP) is 2.73. The fraction of sp³-hybridized carbons (Fsp3) is 0.447. The van der Waals surface area contributed by atoms with Crippen LogP contribution < -0.4 is 16.6 Å². The van der Waals surface area contributed by atoms with Crippen molar-refractivity contribution in [2.45, 2.75) is 39.0 Å². The molecule has 18 heteroatoms. The van der Waals surface area contributed by atoms with Crippen LogP contribution in [0.5, 0.6) is 0 Å². The van der Waals surface area contributed by atoms with Crippen molar-refractivity contribution >= 4 is 35.0 Å². The zero-order chi connectivity index (χ0) is 40.5. The molecule has 15 nitrogen and oxygen atoms in total. The number of aliphatic hydroxyl groups excluding tert-OH is 1. The number of anilines is 1. The van der Waals surface area contributed by atoms with Gasteiger partial charge in [0, 0.05) is 74.3 Å². The molecule has 0 spiro atoms. The standard InChI is InChI=1S/C38H47ClF2N10O5/c1-22-32(23(2)50(46-22)15-17-56-16-10-44-42)28-9-8-27(33(40)34(28)41)30-20-43-35(47(30)3)36(53)45-24-6-7-26(29(39)18-24)37(54)48-11-13-49(14-12-48)38(55)31-19-25(52)21-51(31,4)5/h6-9,18,20,25,31,52H,10-17,19,21H2,1-5H3,(H3-,42,43,44,45,53,54)/p+1/t25-,31+/m1/s1. The van der Waals surface area contributed by atoms with Crippen molar-refractivity contribution in [3.63, 3.8) is 0 Å². The van der Waals surface area contributed by atoms with E-state index < -0.39 is 23.6 Å². The van der Waals surface area contributed by atoms with E-state index in [9.17, 15) is 19.5 Å². The fourth-order valence-corrected chi connectivity index (χ4v) is 7.91. The molecule has 0 aliphatic carbocycles. The number of nitrogens with zero attached hydrogens (tertiary/aromatic N) is 7. The zero-order valence-electron chi connectivity index (χ0n) is 32.1. The minimum atomic E-state index is -1.10. The number of nitrogens with one attached hydrogen (secondary N) is 2. The third-order valence-corrected chi connectivity index (χ3v) is 11.0. The lowest BCUT2D eigenvalue weighted by Gasteiger charge is -2.38. The summed E-state index contributed by atoms with van der Waals surface area (Å²) in [7, 11) is 5.40. The average molecular weight is 798 g/mol. The van der Waals surface area contributed by atoms with Crippen LogP contribution in [0, 0.1) is 25.5 Å². The highest BCUT2D eigenvalue weighted by Gasteiger charge is 2.46. The number of ether oxygens (including phenoxy) is 1. The van der Waals surface area contributed by atoms with E-state index in [4.69, 9.17) is 22.2 Å². The van der Waals surface area contributed by atoms with Crippen LogP contribution in [0.2, 0.25) is 5.02 Å². The highest BCUT2D eigenvalue weighted by Crippen LogP contribution is 2.35. The maximum absolute atomic E-state index is 15.8. The van der Waals surface area contributed by atoms with Gasteiger partial charge in [-0.3, -0.25) is 30.3 Å². The SMILES string of the molecule is Cc1nn(CCOCCNN)c(C)c1-c1ccc(-c2cnc(C(=O)Nc3ccc(C(=O)N4CCN(C(=O)[C@@H]5C[C@@H](O)C[N+]5(C)C)CC4)c(Cl)c3)n2C)c(F)c1F. The molecule has 4 aromatic rings. The molecule has 56 heavy (non-hydrogen) atoms. The Labute approximate surface area is 328 Å². The van der Waals surface area contributed by atoms with E-state index in [1.54, 1.807) is 34.4 Å². The first-order valence-corrected chi connectivity index (χ1v) is 18.8. The number of amides is 3. The highest BCUT2D eigenvalue weighted by molar-refractivity contribution is 6.34. The van der Waals surface area contributed by atoms with Gasteiger partial charge in [-0.15, -0.1) is 0 Å². The number of quaternary nitrogens is 1. The summed E-state index contributed by atoms with van der Waals surface area (Å²) in [6, 6.07) is 7.11. The van der Waals surface area contributed by atoms with Gasteiger partial charge in [0.15, 0.2) is 23.5 Å². The Hall–Kier alpha value is -4.78. The number of nitrogens with two attached hydrogens (primary N) is 1. The van der Waals surface area contributed by atoms with E-state index in [1.807, 2.05) is 14.1 Å². The Morgan fingerprint density at radius 2 is 1.71 bits per heavy atom. The summed E-state index contributed by atoms with van der Waals surface area (Å²) in [6.45, 7) is 7.11. The molecule has 2 aromatic heterocycles. The number of imidazole rings is 1. The summed E-state index contributed by atoms with van der Waals surface area (Å²) in [6.07, 6.45) is 1.19. The minimum absolute atomic E-state index is 0.0210. The first-order valence-electron chi connectivity index (χ1n) is 18.4. The number of halogens is 3. The number of hydrogen-bond acceptors (Lipinski definition) is 9. The molecule has 2 fully saturated rings. The number of carbonyl (C=O) groups excluding carboxylic acids is 3. The lowest BCUT2D eigenvalue weighted by atomic mass is 10.00. The smallest absolute Gasteiger partial charge is 0.291 e. The van der Waals surface area contributed by atoms with E-state index >= 15 is 8.78 Å². The normalized spacial score (nSPS) is 18.1. The molecule has 5 N–H and O–H groups in total. The van der Waals surface area contributed by atoms with E-state index in [2.05, 4.69) is 20.8 Å². The summed E-state index contributed by atoms with van der Waals surface area (Å²) < 4.78 is 40.5. The molecule has 2 aliphatic rings. The van der Waals surface area contributed by atoms with Crippen molar-refractivity contribution in [2.24, 2.45) is 12.9 Å². The maximum atomic E-state index is 15.8. The van der Waals surface area contributed by atoms with Crippen LogP contribution in [0.25, 0.3) is 22.4 Å². The molecule has 0 unspecified atom stereocenters. The van der Waals surface area contributed by atoms with Gasteiger partial charge in [0.1, 0.15) is 12.6 Å². The van der Waals surface area contributed by atoms with Gasteiger partial charge in [0.25, 0.3) is 17.7 Å². The third kappa shape index (κ3) is 8.19. The van der Waals surface area contributed by atoms with Crippen molar-refractivity contribution in [1.82, 2.24) is 34.6 Å². The van der Waals surface area contributed by atoms with Gasteiger partial charge >= 0.3 is 0 Å². The summed E-state index contributed by atoms with van der Waals surface area (Å²) in [4.78, 5) is 47.6. The summed E-state index contributed by atoms with van der Waals surface area (Å²) in [5, 5.41) is 17.4. The second-order valence-electron chi connectivity index (χ2n) is 14.8. The molecule has 2 saturated heterocycles. The second kappa shape index (κ2) is 16.8. The van der Waals surface area contributed by atoms with Crippen LogP contribution in [0.4, 0.5) is 14.5 Å². The topological polar surface area (TPSA) is 173 Å². The first-order chi connectivity index (χ1) is 26.6. The van der Waals surface area contributed by atoms with Gasteiger partial charge in [-0.05, 0) is 38.1 Å². The highest BCUT2D eigenvalue weighted by atomic mass is 35.5. The van der Waals surface area contributed by atoms with Crippen LogP contribution in [-0.4, -0.2) is 135 Å². The Kier molecular flexibility index (Phi) is 12.2. The molecule has 0 radical (unpaired) electrons. The summed E-state index contributed by atoms with van der Waals surface area (Å²) >= 11 is 6.54. The van der Waals surface area contributed by atoms with Crippen LogP contribution in [0.3, 0.4) is 0 Å².